The van der Waals surface area contributed by atoms with Gasteiger partial charge < -0.3 is 26.0 Å². The minimum Gasteiger partial charge on any atom is -0.480 e. The summed E-state index contributed by atoms with van der Waals surface area (Å²) in [5, 5.41) is 17.0. The highest BCUT2D eigenvalue weighted by Crippen LogP contribution is 2.07. The van der Waals surface area contributed by atoms with Crippen LogP contribution in [0.3, 0.4) is 0 Å². The molecule has 0 aliphatic carbocycles. The monoisotopic (exact) mass is 300 g/mol. The van der Waals surface area contributed by atoms with Crippen LogP contribution < -0.4 is 16.0 Å². The van der Waals surface area contributed by atoms with E-state index in [9.17, 15) is 14.4 Å². The molecule has 2 unspecified atom stereocenters. The second kappa shape index (κ2) is 8.46. The molecule has 0 aromatic carbocycles. The van der Waals surface area contributed by atoms with E-state index in [1.54, 1.807) is 11.8 Å². The number of hydrogen-bond donors (Lipinski definition) is 4. The lowest BCUT2D eigenvalue weighted by molar-refractivity contribution is -0.140. The van der Waals surface area contributed by atoms with Crippen molar-refractivity contribution < 1.29 is 19.5 Å². The highest BCUT2D eigenvalue weighted by molar-refractivity contribution is 5.86. The molecule has 3 amide bonds. The van der Waals surface area contributed by atoms with Gasteiger partial charge in [-0.3, -0.25) is 4.79 Å². The number of carbonyl (C=O) groups is 3. The summed E-state index contributed by atoms with van der Waals surface area (Å²) in [5.41, 5.74) is 0. The second-order valence-corrected chi connectivity index (χ2v) is 5.16. The zero-order valence-electron chi connectivity index (χ0n) is 12.5. The van der Waals surface area contributed by atoms with Gasteiger partial charge in [-0.15, -0.1) is 0 Å². The smallest absolute Gasteiger partial charge is 0.326 e. The van der Waals surface area contributed by atoms with Gasteiger partial charge in [0.2, 0.25) is 5.91 Å². The first-order chi connectivity index (χ1) is 9.95. The van der Waals surface area contributed by atoms with Gasteiger partial charge in [-0.05, 0) is 5.92 Å². The topological polar surface area (TPSA) is 111 Å². The number of nitrogens with zero attached hydrogens (tertiary/aromatic N) is 1. The first-order valence-corrected chi connectivity index (χ1v) is 7.21. The molecule has 1 heterocycles. The van der Waals surface area contributed by atoms with Gasteiger partial charge in [0, 0.05) is 26.2 Å². The molecule has 1 aliphatic rings. The number of piperazine rings is 1. The SMILES string of the molecule is CCC(C)C(NC(=O)NCC(=O)N1CCNCC1)C(=O)O. The third-order valence-electron chi connectivity index (χ3n) is 3.64. The van der Waals surface area contributed by atoms with Crippen LogP contribution in [-0.4, -0.2) is 66.7 Å². The summed E-state index contributed by atoms with van der Waals surface area (Å²) in [4.78, 5) is 36.3. The summed E-state index contributed by atoms with van der Waals surface area (Å²) in [6.45, 7) is 6.21. The number of carboxylic acids is 1. The number of aliphatic carboxylic acids is 1. The van der Waals surface area contributed by atoms with Gasteiger partial charge in [0.05, 0.1) is 6.54 Å². The molecular weight excluding hydrogens is 276 g/mol. The van der Waals surface area contributed by atoms with Crippen LogP contribution in [0, 0.1) is 5.92 Å². The fourth-order valence-corrected chi connectivity index (χ4v) is 2.06. The van der Waals surface area contributed by atoms with Crippen LogP contribution in [0.5, 0.6) is 0 Å². The van der Waals surface area contributed by atoms with Crippen molar-refractivity contribution in [2.45, 2.75) is 26.3 Å². The molecule has 120 valence electrons. The maximum atomic E-state index is 11.9. The van der Waals surface area contributed by atoms with Gasteiger partial charge in [-0.25, -0.2) is 9.59 Å². The Morgan fingerprint density at radius 2 is 1.90 bits per heavy atom. The van der Waals surface area contributed by atoms with Crippen molar-refractivity contribution in [3.63, 3.8) is 0 Å². The first-order valence-electron chi connectivity index (χ1n) is 7.21. The van der Waals surface area contributed by atoms with E-state index in [1.807, 2.05) is 6.92 Å². The van der Waals surface area contributed by atoms with Crippen molar-refractivity contribution in [3.05, 3.63) is 0 Å². The fourth-order valence-electron chi connectivity index (χ4n) is 2.06. The summed E-state index contributed by atoms with van der Waals surface area (Å²) < 4.78 is 0. The summed E-state index contributed by atoms with van der Waals surface area (Å²) >= 11 is 0. The Morgan fingerprint density at radius 1 is 1.29 bits per heavy atom. The van der Waals surface area contributed by atoms with Crippen LogP contribution in [0.15, 0.2) is 0 Å². The van der Waals surface area contributed by atoms with Crippen molar-refractivity contribution in [2.24, 2.45) is 5.92 Å². The van der Waals surface area contributed by atoms with E-state index >= 15 is 0 Å². The van der Waals surface area contributed by atoms with Gasteiger partial charge in [-0.2, -0.15) is 0 Å². The lowest BCUT2D eigenvalue weighted by Crippen LogP contribution is -2.53. The number of amides is 3. The molecule has 21 heavy (non-hydrogen) atoms. The van der Waals surface area contributed by atoms with Crippen molar-refractivity contribution in [2.75, 3.05) is 32.7 Å². The van der Waals surface area contributed by atoms with Crippen LogP contribution in [0.25, 0.3) is 0 Å². The Bertz CT molecular complexity index is 382. The molecule has 0 radical (unpaired) electrons. The zero-order valence-corrected chi connectivity index (χ0v) is 12.5. The third-order valence-corrected chi connectivity index (χ3v) is 3.64. The Morgan fingerprint density at radius 3 is 2.43 bits per heavy atom. The first kappa shape index (κ1) is 17.2. The standard InChI is InChI=1S/C13H24N4O4/c1-3-9(2)11(12(19)20)16-13(21)15-8-10(18)17-6-4-14-5-7-17/h9,11,14H,3-8H2,1-2H3,(H,19,20)(H2,15,16,21). The van der Waals surface area contributed by atoms with Crippen LogP contribution >= 0.6 is 0 Å². The number of carbonyl (C=O) groups excluding carboxylic acids is 2. The lowest BCUT2D eigenvalue weighted by atomic mass is 9.99. The van der Waals surface area contributed by atoms with Crippen LogP contribution in [0.4, 0.5) is 4.79 Å². The van der Waals surface area contributed by atoms with E-state index in [0.29, 0.717) is 19.5 Å². The normalized spacial score (nSPS) is 17.7. The average Bonchev–Trinajstić information content (AvgIpc) is 2.50. The maximum absolute atomic E-state index is 11.9. The number of nitrogens with one attached hydrogen (secondary N) is 3. The predicted molar refractivity (Wildman–Crippen MR) is 76.9 cm³/mol. The molecule has 0 saturated carbocycles. The number of carboxylic acid groups (broad SMARTS) is 1. The Balaban J connectivity index is 2.38. The van der Waals surface area contributed by atoms with E-state index in [1.165, 1.54) is 0 Å². The molecule has 8 heteroatoms. The molecule has 1 rings (SSSR count). The Hall–Kier alpha value is -1.83. The van der Waals surface area contributed by atoms with Crippen molar-refractivity contribution >= 4 is 17.9 Å². The van der Waals surface area contributed by atoms with Crippen LogP contribution in [-0.2, 0) is 9.59 Å². The average molecular weight is 300 g/mol. The zero-order chi connectivity index (χ0) is 15.8. The molecule has 0 spiro atoms. The second-order valence-electron chi connectivity index (χ2n) is 5.16. The quantitative estimate of drug-likeness (QED) is 0.514. The van der Waals surface area contributed by atoms with E-state index < -0.39 is 18.0 Å². The Labute approximate surface area is 124 Å². The van der Waals surface area contributed by atoms with Gasteiger partial charge in [0.15, 0.2) is 0 Å². The molecule has 4 N–H and O–H groups in total. The molecular formula is C13H24N4O4. The number of urea groups is 1. The van der Waals surface area contributed by atoms with Crippen molar-refractivity contribution in [3.8, 4) is 0 Å². The largest absolute Gasteiger partial charge is 0.480 e. The third kappa shape index (κ3) is 5.58. The highest BCUT2D eigenvalue weighted by atomic mass is 16.4. The van der Waals surface area contributed by atoms with E-state index in [-0.39, 0.29) is 18.4 Å². The number of hydrogen-bond acceptors (Lipinski definition) is 4. The summed E-state index contributed by atoms with van der Waals surface area (Å²) in [6.07, 6.45) is 0.636. The molecule has 0 bridgehead atoms. The van der Waals surface area contributed by atoms with Crippen molar-refractivity contribution in [1.82, 2.24) is 20.9 Å². The van der Waals surface area contributed by atoms with Gasteiger partial charge in [0.25, 0.3) is 0 Å². The van der Waals surface area contributed by atoms with E-state index in [0.717, 1.165) is 13.1 Å². The van der Waals surface area contributed by atoms with Gasteiger partial charge >= 0.3 is 12.0 Å². The molecule has 1 fully saturated rings. The molecule has 1 saturated heterocycles. The Kier molecular flexibility index (Phi) is 6.93. The summed E-state index contributed by atoms with van der Waals surface area (Å²) in [7, 11) is 0. The van der Waals surface area contributed by atoms with Gasteiger partial charge in [0.1, 0.15) is 6.04 Å². The molecule has 2 atom stereocenters. The van der Waals surface area contributed by atoms with E-state index in [2.05, 4.69) is 16.0 Å². The summed E-state index contributed by atoms with van der Waals surface area (Å²) in [6, 6.07) is -1.59. The lowest BCUT2D eigenvalue weighted by Gasteiger charge is -2.27. The summed E-state index contributed by atoms with van der Waals surface area (Å²) in [5.74, 6) is -1.42. The molecule has 1 aliphatic heterocycles. The predicted octanol–water partition coefficient (Wildman–Crippen LogP) is -0.783. The fraction of sp³-hybridized carbons (Fsp3) is 0.769. The maximum Gasteiger partial charge on any atom is 0.326 e. The highest BCUT2D eigenvalue weighted by Gasteiger charge is 2.25. The van der Waals surface area contributed by atoms with Gasteiger partial charge in [-0.1, -0.05) is 20.3 Å². The molecule has 0 aromatic heterocycles. The van der Waals surface area contributed by atoms with Crippen LogP contribution in [0.1, 0.15) is 20.3 Å². The van der Waals surface area contributed by atoms with E-state index in [4.69, 9.17) is 5.11 Å². The molecule has 8 nitrogen and oxygen atoms in total. The van der Waals surface area contributed by atoms with Crippen LogP contribution in [0.2, 0.25) is 0 Å². The molecule has 0 aromatic rings. The minimum atomic E-state index is -1.08. The van der Waals surface area contributed by atoms with Crippen molar-refractivity contribution in [1.29, 1.82) is 0 Å². The minimum absolute atomic E-state index is 0.126. The number of rotatable bonds is 6.